The third-order valence-electron chi connectivity index (χ3n) is 6.37. The van der Waals surface area contributed by atoms with Gasteiger partial charge in [0.1, 0.15) is 29.5 Å². The number of phenols is 1. The van der Waals surface area contributed by atoms with Crippen LogP contribution in [0.4, 0.5) is 14.5 Å². The van der Waals surface area contributed by atoms with Gasteiger partial charge < -0.3 is 24.4 Å². The van der Waals surface area contributed by atoms with E-state index in [1.54, 1.807) is 0 Å². The summed E-state index contributed by atoms with van der Waals surface area (Å²) < 4.78 is 37.3. The van der Waals surface area contributed by atoms with Crippen LogP contribution in [0.25, 0.3) is 16.6 Å². The Balaban J connectivity index is 1.63. The number of hydrogen-bond donors (Lipinski definition) is 2. The van der Waals surface area contributed by atoms with Crippen molar-refractivity contribution in [3.63, 3.8) is 0 Å². The first-order valence-electron chi connectivity index (χ1n) is 11.4. The molecule has 1 saturated heterocycles. The summed E-state index contributed by atoms with van der Waals surface area (Å²) in [6, 6.07) is 14.9. The molecule has 0 bridgehead atoms. The van der Waals surface area contributed by atoms with E-state index in [1.807, 2.05) is 35.2 Å². The third kappa shape index (κ3) is 4.24. The second kappa shape index (κ2) is 9.33. The molecule has 1 atom stereocenters. The minimum atomic E-state index is -1.52. The van der Waals surface area contributed by atoms with Gasteiger partial charge in [-0.3, -0.25) is 4.79 Å². The number of fused-ring (bicyclic) bond motifs is 1. The van der Waals surface area contributed by atoms with Crippen molar-refractivity contribution in [2.45, 2.75) is 18.9 Å². The van der Waals surface area contributed by atoms with Gasteiger partial charge in [-0.25, -0.2) is 13.6 Å². The highest BCUT2D eigenvalue weighted by Gasteiger charge is 2.29. The number of para-hydroxylation sites is 1. The molecule has 0 saturated carbocycles. The number of carboxylic acids is 1. The average molecular weight is 492 g/mol. The SMILES string of the molecule is O=C(O)c1cn(-c2ccc(O)cc2F)c2cc(N3CCC[C@@H]3COc3ccccc3)c(F)cc2c1=O. The van der Waals surface area contributed by atoms with Crippen LogP contribution in [0.15, 0.2) is 71.7 Å². The molecule has 36 heavy (non-hydrogen) atoms. The maximum atomic E-state index is 15.4. The van der Waals surface area contributed by atoms with Crippen LogP contribution in [-0.4, -0.2) is 39.9 Å². The molecule has 184 valence electrons. The summed E-state index contributed by atoms with van der Waals surface area (Å²) >= 11 is 0. The number of aromatic carboxylic acids is 1. The Morgan fingerprint density at radius 2 is 1.78 bits per heavy atom. The van der Waals surface area contributed by atoms with Gasteiger partial charge in [0.05, 0.1) is 22.9 Å². The number of aromatic nitrogens is 1. The van der Waals surface area contributed by atoms with Crippen molar-refractivity contribution in [1.29, 1.82) is 0 Å². The highest BCUT2D eigenvalue weighted by molar-refractivity contribution is 5.94. The van der Waals surface area contributed by atoms with Gasteiger partial charge in [0.15, 0.2) is 5.82 Å². The number of pyridine rings is 1. The summed E-state index contributed by atoms with van der Waals surface area (Å²) in [6.07, 6.45) is 2.59. The van der Waals surface area contributed by atoms with Gasteiger partial charge in [-0.2, -0.15) is 0 Å². The molecule has 1 aliphatic heterocycles. The zero-order chi connectivity index (χ0) is 25.4. The van der Waals surface area contributed by atoms with Crippen LogP contribution in [0.5, 0.6) is 11.5 Å². The molecule has 1 aliphatic rings. The molecule has 0 spiro atoms. The van der Waals surface area contributed by atoms with E-state index >= 15 is 4.39 Å². The van der Waals surface area contributed by atoms with Crippen LogP contribution < -0.4 is 15.1 Å². The maximum absolute atomic E-state index is 15.4. The van der Waals surface area contributed by atoms with Crippen molar-refractivity contribution in [3.8, 4) is 17.2 Å². The topological polar surface area (TPSA) is 92.0 Å². The van der Waals surface area contributed by atoms with Crippen LogP contribution in [0.2, 0.25) is 0 Å². The largest absolute Gasteiger partial charge is 0.508 e. The maximum Gasteiger partial charge on any atom is 0.341 e. The number of hydrogen-bond acceptors (Lipinski definition) is 5. The predicted octanol–water partition coefficient (Wildman–Crippen LogP) is 4.72. The van der Waals surface area contributed by atoms with Crippen molar-refractivity contribution in [2.75, 3.05) is 18.1 Å². The monoisotopic (exact) mass is 492 g/mol. The zero-order valence-corrected chi connectivity index (χ0v) is 19.0. The van der Waals surface area contributed by atoms with Crippen LogP contribution in [0, 0.1) is 11.6 Å². The number of halogens is 2. The first-order chi connectivity index (χ1) is 17.3. The number of carboxylic acid groups (broad SMARTS) is 1. The van der Waals surface area contributed by atoms with E-state index in [9.17, 15) is 24.2 Å². The van der Waals surface area contributed by atoms with E-state index in [4.69, 9.17) is 4.74 Å². The Hall–Kier alpha value is -4.40. The molecule has 0 aliphatic carbocycles. The fourth-order valence-corrected chi connectivity index (χ4v) is 4.63. The van der Waals surface area contributed by atoms with Gasteiger partial charge in [0, 0.05) is 24.2 Å². The minimum Gasteiger partial charge on any atom is -0.508 e. The summed E-state index contributed by atoms with van der Waals surface area (Å²) in [5.41, 5.74) is -1.25. The molecule has 0 radical (unpaired) electrons. The Morgan fingerprint density at radius 3 is 2.50 bits per heavy atom. The molecular weight excluding hydrogens is 470 g/mol. The minimum absolute atomic E-state index is 0.0942. The Labute approximate surface area is 204 Å². The van der Waals surface area contributed by atoms with Gasteiger partial charge in [-0.05, 0) is 49.2 Å². The van der Waals surface area contributed by atoms with E-state index in [1.165, 1.54) is 22.8 Å². The fourth-order valence-electron chi connectivity index (χ4n) is 4.63. The van der Waals surface area contributed by atoms with Crippen LogP contribution in [0.3, 0.4) is 0 Å². The van der Waals surface area contributed by atoms with E-state index in [-0.39, 0.29) is 34.1 Å². The lowest BCUT2D eigenvalue weighted by molar-refractivity contribution is 0.0695. The summed E-state index contributed by atoms with van der Waals surface area (Å²) in [7, 11) is 0. The molecule has 3 aromatic carbocycles. The van der Waals surface area contributed by atoms with Crippen LogP contribution >= 0.6 is 0 Å². The van der Waals surface area contributed by atoms with Gasteiger partial charge >= 0.3 is 5.97 Å². The molecule has 2 N–H and O–H groups in total. The molecule has 0 amide bonds. The number of ether oxygens (including phenoxy) is 1. The number of phenolic OH excluding ortho intramolecular Hbond substituents is 1. The second-order valence-corrected chi connectivity index (χ2v) is 8.62. The second-order valence-electron chi connectivity index (χ2n) is 8.62. The predicted molar refractivity (Wildman–Crippen MR) is 130 cm³/mol. The Morgan fingerprint density at radius 1 is 1.03 bits per heavy atom. The number of anilines is 1. The zero-order valence-electron chi connectivity index (χ0n) is 19.0. The Bertz CT molecular complexity index is 1520. The quantitative estimate of drug-likeness (QED) is 0.405. The number of benzene rings is 3. The molecule has 0 unspecified atom stereocenters. The van der Waals surface area contributed by atoms with Crippen molar-refractivity contribution in [2.24, 2.45) is 0 Å². The molecule has 4 aromatic rings. The highest BCUT2D eigenvalue weighted by Crippen LogP contribution is 2.33. The van der Waals surface area contributed by atoms with E-state index < -0.39 is 28.6 Å². The lowest BCUT2D eigenvalue weighted by Crippen LogP contribution is -2.35. The van der Waals surface area contributed by atoms with Gasteiger partial charge in [0.25, 0.3) is 0 Å². The van der Waals surface area contributed by atoms with Crippen molar-refractivity contribution in [3.05, 3.63) is 94.3 Å². The average Bonchev–Trinajstić information content (AvgIpc) is 3.32. The van der Waals surface area contributed by atoms with Crippen LogP contribution in [-0.2, 0) is 0 Å². The van der Waals surface area contributed by atoms with Crippen molar-refractivity contribution >= 4 is 22.6 Å². The summed E-state index contributed by atoms with van der Waals surface area (Å²) in [4.78, 5) is 26.4. The number of nitrogens with zero attached hydrogens (tertiary/aromatic N) is 2. The van der Waals surface area contributed by atoms with E-state index in [0.717, 1.165) is 31.2 Å². The molecular formula is C27H22F2N2O5. The molecule has 2 heterocycles. The molecule has 1 fully saturated rings. The van der Waals surface area contributed by atoms with E-state index in [0.29, 0.717) is 18.9 Å². The number of carbonyl (C=O) groups is 1. The number of aromatic hydroxyl groups is 1. The highest BCUT2D eigenvalue weighted by atomic mass is 19.1. The molecule has 9 heteroatoms. The van der Waals surface area contributed by atoms with Gasteiger partial charge in [-0.15, -0.1) is 0 Å². The first kappa shape index (κ1) is 23.3. The first-order valence-corrected chi connectivity index (χ1v) is 11.4. The summed E-state index contributed by atoms with van der Waals surface area (Å²) in [5, 5.41) is 18.9. The van der Waals surface area contributed by atoms with Crippen molar-refractivity contribution in [1.82, 2.24) is 4.57 Å². The summed E-state index contributed by atoms with van der Waals surface area (Å²) in [5.74, 6) is -2.66. The fraction of sp³-hybridized carbons (Fsp3) is 0.185. The Kier molecular flexibility index (Phi) is 6.05. The lowest BCUT2D eigenvalue weighted by atomic mass is 10.1. The van der Waals surface area contributed by atoms with E-state index in [2.05, 4.69) is 0 Å². The lowest BCUT2D eigenvalue weighted by Gasteiger charge is -2.28. The normalized spacial score (nSPS) is 15.4. The van der Waals surface area contributed by atoms with Crippen molar-refractivity contribution < 1.29 is 28.5 Å². The molecule has 5 rings (SSSR count). The molecule has 7 nitrogen and oxygen atoms in total. The van der Waals surface area contributed by atoms with Gasteiger partial charge in [-0.1, -0.05) is 18.2 Å². The smallest absolute Gasteiger partial charge is 0.341 e. The molecule has 1 aromatic heterocycles. The number of rotatable bonds is 6. The third-order valence-corrected chi connectivity index (χ3v) is 6.37. The van der Waals surface area contributed by atoms with Gasteiger partial charge in [0.2, 0.25) is 5.43 Å². The standard InChI is InChI=1S/C27H22F2N2O5/c28-21-11-17(32)8-9-23(21)31-14-20(27(34)35)26(33)19-12-22(29)25(13-24(19)31)30-10-4-5-16(30)15-36-18-6-2-1-3-7-18/h1-3,6-9,11-14,16,32H,4-5,10,15H2,(H,34,35)/t16-/m1/s1. The van der Waals surface area contributed by atoms with Crippen LogP contribution in [0.1, 0.15) is 23.2 Å². The summed E-state index contributed by atoms with van der Waals surface area (Å²) in [6.45, 7) is 0.870.